The number of nitrogens with zero attached hydrogens (tertiary/aromatic N) is 3. The Hall–Kier alpha value is -2.14. The Balaban J connectivity index is 2.40. The third-order valence-electron chi connectivity index (χ3n) is 3.43. The number of nitrogens with one attached hydrogen (secondary N) is 1. The van der Waals surface area contributed by atoms with Gasteiger partial charge in [0.15, 0.2) is 5.82 Å². The monoisotopic (exact) mass is 303 g/mol. The normalized spacial score (nSPS) is 10.5. The molecule has 1 aromatic carbocycles. The number of hydrogen-bond acceptors (Lipinski definition) is 4. The number of benzene rings is 1. The SMILES string of the molecule is Cc1nnc(N(C)Cc2ccccc2Cl)c(C(=N)N)c1C. The lowest BCUT2D eigenvalue weighted by atomic mass is 10.1. The summed E-state index contributed by atoms with van der Waals surface area (Å²) in [6, 6.07) is 7.64. The number of hydrogen-bond donors (Lipinski definition) is 2. The summed E-state index contributed by atoms with van der Waals surface area (Å²) >= 11 is 6.18. The number of anilines is 1. The molecule has 0 atom stereocenters. The predicted molar refractivity (Wildman–Crippen MR) is 86.1 cm³/mol. The van der Waals surface area contributed by atoms with E-state index < -0.39 is 0 Å². The minimum Gasteiger partial charge on any atom is -0.384 e. The van der Waals surface area contributed by atoms with E-state index in [1.807, 2.05) is 50.1 Å². The van der Waals surface area contributed by atoms with Crippen LogP contribution in [0.2, 0.25) is 5.02 Å². The molecular formula is C15H18ClN5. The van der Waals surface area contributed by atoms with Gasteiger partial charge in [-0.2, -0.15) is 5.10 Å². The van der Waals surface area contributed by atoms with E-state index >= 15 is 0 Å². The molecule has 0 aliphatic rings. The number of amidine groups is 1. The van der Waals surface area contributed by atoms with Gasteiger partial charge in [0.2, 0.25) is 0 Å². The summed E-state index contributed by atoms with van der Waals surface area (Å²) in [5.74, 6) is 0.581. The van der Waals surface area contributed by atoms with Gasteiger partial charge in [-0.15, -0.1) is 5.10 Å². The Morgan fingerprint density at radius 2 is 1.95 bits per heavy atom. The standard InChI is InChI=1S/C15H18ClN5/c1-9-10(2)19-20-15(13(9)14(17)18)21(3)8-11-6-4-5-7-12(11)16/h4-7H,8H2,1-3H3,(H3,17,18). The van der Waals surface area contributed by atoms with Crippen LogP contribution in [0.1, 0.15) is 22.4 Å². The van der Waals surface area contributed by atoms with Crippen molar-refractivity contribution in [3.8, 4) is 0 Å². The molecule has 5 nitrogen and oxygen atoms in total. The van der Waals surface area contributed by atoms with E-state index in [-0.39, 0.29) is 5.84 Å². The Morgan fingerprint density at radius 1 is 1.29 bits per heavy atom. The van der Waals surface area contributed by atoms with Gasteiger partial charge in [-0.3, -0.25) is 5.41 Å². The summed E-state index contributed by atoms with van der Waals surface area (Å²) in [6.07, 6.45) is 0. The van der Waals surface area contributed by atoms with Crippen LogP contribution in [0.3, 0.4) is 0 Å². The number of rotatable bonds is 4. The van der Waals surface area contributed by atoms with Crippen molar-refractivity contribution in [1.82, 2.24) is 10.2 Å². The van der Waals surface area contributed by atoms with Crippen LogP contribution < -0.4 is 10.6 Å². The summed E-state index contributed by atoms with van der Waals surface area (Å²) in [5, 5.41) is 16.8. The van der Waals surface area contributed by atoms with Gasteiger partial charge in [0.05, 0.1) is 11.3 Å². The molecule has 21 heavy (non-hydrogen) atoms. The summed E-state index contributed by atoms with van der Waals surface area (Å²) in [5.41, 5.74) is 8.96. The van der Waals surface area contributed by atoms with Crippen LogP contribution in [0.4, 0.5) is 5.82 Å². The Morgan fingerprint density at radius 3 is 2.57 bits per heavy atom. The average molecular weight is 304 g/mol. The van der Waals surface area contributed by atoms with Gasteiger partial charge in [-0.25, -0.2) is 0 Å². The second-order valence-electron chi connectivity index (χ2n) is 4.97. The Bertz CT molecular complexity index is 684. The van der Waals surface area contributed by atoms with Crippen LogP contribution in [0.25, 0.3) is 0 Å². The largest absolute Gasteiger partial charge is 0.384 e. The zero-order chi connectivity index (χ0) is 15.6. The third-order valence-corrected chi connectivity index (χ3v) is 3.80. The van der Waals surface area contributed by atoms with Gasteiger partial charge in [0, 0.05) is 18.6 Å². The Kier molecular flexibility index (Phi) is 4.43. The first kappa shape index (κ1) is 15.3. The predicted octanol–water partition coefficient (Wildman–Crippen LogP) is 2.67. The molecule has 0 aliphatic heterocycles. The zero-order valence-electron chi connectivity index (χ0n) is 12.3. The van der Waals surface area contributed by atoms with Gasteiger partial charge in [0.1, 0.15) is 5.84 Å². The van der Waals surface area contributed by atoms with E-state index in [2.05, 4.69) is 10.2 Å². The number of aryl methyl sites for hydroxylation is 1. The highest BCUT2D eigenvalue weighted by atomic mass is 35.5. The second kappa shape index (κ2) is 6.10. The molecule has 0 aliphatic carbocycles. The van der Waals surface area contributed by atoms with Crippen LogP contribution in [-0.4, -0.2) is 23.1 Å². The first-order chi connectivity index (χ1) is 9.91. The maximum atomic E-state index is 7.79. The van der Waals surface area contributed by atoms with E-state index in [1.165, 1.54) is 0 Å². The molecule has 0 fully saturated rings. The Labute approximate surface area is 129 Å². The molecule has 1 aromatic heterocycles. The number of halogens is 1. The van der Waals surface area contributed by atoms with Crippen molar-refractivity contribution in [2.24, 2.45) is 5.73 Å². The molecular weight excluding hydrogens is 286 g/mol. The first-order valence-corrected chi connectivity index (χ1v) is 6.92. The summed E-state index contributed by atoms with van der Waals surface area (Å²) in [4.78, 5) is 1.90. The fraction of sp³-hybridized carbons (Fsp3) is 0.267. The van der Waals surface area contributed by atoms with E-state index in [9.17, 15) is 0 Å². The van der Waals surface area contributed by atoms with Gasteiger partial charge < -0.3 is 10.6 Å². The molecule has 0 radical (unpaired) electrons. The van der Waals surface area contributed by atoms with E-state index in [0.29, 0.717) is 22.9 Å². The molecule has 0 amide bonds. The van der Waals surface area contributed by atoms with Crippen molar-refractivity contribution in [2.45, 2.75) is 20.4 Å². The molecule has 3 N–H and O–H groups in total. The molecule has 2 rings (SSSR count). The van der Waals surface area contributed by atoms with Crippen LogP contribution in [-0.2, 0) is 6.54 Å². The maximum Gasteiger partial charge on any atom is 0.162 e. The van der Waals surface area contributed by atoms with Gasteiger partial charge in [0.25, 0.3) is 0 Å². The topological polar surface area (TPSA) is 78.9 Å². The van der Waals surface area contributed by atoms with E-state index in [1.54, 1.807) is 0 Å². The van der Waals surface area contributed by atoms with Crippen molar-refractivity contribution in [3.05, 3.63) is 51.7 Å². The van der Waals surface area contributed by atoms with E-state index in [0.717, 1.165) is 16.8 Å². The summed E-state index contributed by atoms with van der Waals surface area (Å²) in [7, 11) is 1.88. The van der Waals surface area contributed by atoms with Gasteiger partial charge in [-0.05, 0) is 31.0 Å². The van der Waals surface area contributed by atoms with Crippen LogP contribution in [0.5, 0.6) is 0 Å². The molecule has 0 saturated carbocycles. The van der Waals surface area contributed by atoms with E-state index in [4.69, 9.17) is 22.7 Å². The lowest BCUT2D eigenvalue weighted by Crippen LogP contribution is -2.25. The highest BCUT2D eigenvalue weighted by Gasteiger charge is 2.17. The maximum absolute atomic E-state index is 7.79. The van der Waals surface area contributed by atoms with Crippen molar-refractivity contribution >= 4 is 23.3 Å². The molecule has 0 saturated heterocycles. The summed E-state index contributed by atoms with van der Waals surface area (Å²) < 4.78 is 0. The molecule has 2 aromatic rings. The minimum atomic E-state index is -0.00786. The number of nitrogen functional groups attached to an aromatic ring is 1. The first-order valence-electron chi connectivity index (χ1n) is 6.54. The zero-order valence-corrected chi connectivity index (χ0v) is 13.1. The van der Waals surface area contributed by atoms with Crippen LogP contribution >= 0.6 is 11.6 Å². The third kappa shape index (κ3) is 3.13. The fourth-order valence-electron chi connectivity index (χ4n) is 2.14. The smallest absolute Gasteiger partial charge is 0.162 e. The molecule has 110 valence electrons. The van der Waals surface area contributed by atoms with Gasteiger partial charge >= 0.3 is 0 Å². The van der Waals surface area contributed by atoms with Crippen molar-refractivity contribution in [2.75, 3.05) is 11.9 Å². The molecule has 1 heterocycles. The number of aromatic nitrogens is 2. The molecule has 0 unspecified atom stereocenters. The van der Waals surface area contributed by atoms with Crippen LogP contribution in [0.15, 0.2) is 24.3 Å². The summed E-state index contributed by atoms with van der Waals surface area (Å²) in [6.45, 7) is 4.32. The van der Waals surface area contributed by atoms with Crippen molar-refractivity contribution < 1.29 is 0 Å². The highest BCUT2D eigenvalue weighted by Crippen LogP contribution is 2.24. The number of nitrogens with two attached hydrogens (primary N) is 1. The highest BCUT2D eigenvalue weighted by molar-refractivity contribution is 6.31. The van der Waals surface area contributed by atoms with Crippen molar-refractivity contribution in [3.63, 3.8) is 0 Å². The van der Waals surface area contributed by atoms with Crippen LogP contribution in [0, 0.1) is 19.3 Å². The lowest BCUT2D eigenvalue weighted by molar-refractivity contribution is 0.847. The second-order valence-corrected chi connectivity index (χ2v) is 5.38. The molecule has 6 heteroatoms. The van der Waals surface area contributed by atoms with Crippen molar-refractivity contribution in [1.29, 1.82) is 5.41 Å². The fourth-order valence-corrected chi connectivity index (χ4v) is 2.34. The average Bonchev–Trinajstić information content (AvgIpc) is 2.43. The lowest BCUT2D eigenvalue weighted by Gasteiger charge is -2.22. The quantitative estimate of drug-likeness (QED) is 0.672. The minimum absolute atomic E-state index is 0.00786. The molecule has 0 spiro atoms. The molecule has 0 bridgehead atoms. The van der Waals surface area contributed by atoms with Gasteiger partial charge in [-0.1, -0.05) is 29.8 Å².